The number of hydroxylamine groups is 1. The Morgan fingerprint density at radius 2 is 2.10 bits per heavy atom. The summed E-state index contributed by atoms with van der Waals surface area (Å²) in [5.74, 6) is -0.762. The van der Waals surface area contributed by atoms with Crippen LogP contribution < -0.4 is 16.4 Å². The summed E-state index contributed by atoms with van der Waals surface area (Å²) in [6.45, 7) is 1.95. The first-order chi connectivity index (χ1) is 14.3. The number of aromatic nitrogens is 1. The number of nitrogens with one attached hydrogen (secondary N) is 3. The fraction of sp³-hybridized carbons (Fsp3) is 0.143. The SMILES string of the molecule is CC1(CNC(=O)c2ccc(Cl)s2)C=C(c2ccc(-c3ccc[nH]c3=O)cc2F)NO1. The zero-order valence-electron chi connectivity index (χ0n) is 15.8. The number of carbonyl (C=O) groups is 1. The molecule has 0 saturated heterocycles. The van der Waals surface area contributed by atoms with E-state index in [0.717, 1.165) is 0 Å². The number of aromatic amines is 1. The Morgan fingerprint density at radius 3 is 2.80 bits per heavy atom. The predicted octanol–water partition coefficient (Wildman–Crippen LogP) is 3.96. The second-order valence-electron chi connectivity index (χ2n) is 6.97. The topological polar surface area (TPSA) is 83.2 Å². The first-order valence-corrected chi connectivity index (χ1v) is 10.2. The molecule has 4 rings (SSSR count). The Labute approximate surface area is 180 Å². The largest absolute Gasteiger partial charge is 0.348 e. The number of pyridine rings is 1. The van der Waals surface area contributed by atoms with Gasteiger partial charge < -0.3 is 10.3 Å². The van der Waals surface area contributed by atoms with Crippen LogP contribution >= 0.6 is 22.9 Å². The van der Waals surface area contributed by atoms with Crippen LogP contribution in [0.5, 0.6) is 0 Å². The van der Waals surface area contributed by atoms with Gasteiger partial charge in [0.1, 0.15) is 11.4 Å². The molecule has 0 radical (unpaired) electrons. The van der Waals surface area contributed by atoms with Crippen LogP contribution in [0.2, 0.25) is 4.34 Å². The molecular formula is C21H17ClFN3O3S. The third kappa shape index (κ3) is 4.16. The van der Waals surface area contributed by atoms with E-state index in [-0.39, 0.29) is 18.0 Å². The lowest BCUT2D eigenvalue weighted by atomic mass is 10.0. The molecule has 1 amide bonds. The quantitative estimate of drug-likeness (QED) is 0.555. The molecule has 0 saturated carbocycles. The molecule has 1 aliphatic heterocycles. The minimum Gasteiger partial charge on any atom is -0.348 e. The Hall–Kier alpha value is -2.94. The zero-order valence-corrected chi connectivity index (χ0v) is 17.4. The third-order valence-corrected chi connectivity index (χ3v) is 5.86. The maximum atomic E-state index is 14.8. The van der Waals surface area contributed by atoms with E-state index in [4.69, 9.17) is 16.4 Å². The molecule has 3 heterocycles. The number of benzene rings is 1. The van der Waals surface area contributed by atoms with Crippen LogP contribution in [0.3, 0.4) is 0 Å². The Kier molecular flexibility index (Phi) is 5.46. The van der Waals surface area contributed by atoms with E-state index in [1.165, 1.54) is 23.6 Å². The molecule has 0 bridgehead atoms. The van der Waals surface area contributed by atoms with Gasteiger partial charge in [0, 0.05) is 17.3 Å². The van der Waals surface area contributed by atoms with E-state index in [0.29, 0.717) is 31.6 Å². The van der Waals surface area contributed by atoms with Crippen molar-refractivity contribution in [2.75, 3.05) is 6.54 Å². The number of rotatable bonds is 5. The third-order valence-electron chi connectivity index (χ3n) is 4.63. The molecule has 0 fully saturated rings. The highest BCUT2D eigenvalue weighted by Crippen LogP contribution is 2.29. The molecule has 6 nitrogen and oxygen atoms in total. The van der Waals surface area contributed by atoms with Gasteiger partial charge in [0.05, 0.1) is 21.5 Å². The summed E-state index contributed by atoms with van der Waals surface area (Å²) in [5.41, 5.74) is 3.16. The van der Waals surface area contributed by atoms with Crippen molar-refractivity contribution in [3.8, 4) is 11.1 Å². The van der Waals surface area contributed by atoms with Crippen molar-refractivity contribution in [1.82, 2.24) is 15.8 Å². The highest BCUT2D eigenvalue weighted by molar-refractivity contribution is 7.18. The van der Waals surface area contributed by atoms with Crippen LogP contribution in [0.15, 0.2) is 59.5 Å². The predicted molar refractivity (Wildman–Crippen MR) is 115 cm³/mol. The van der Waals surface area contributed by atoms with Crippen molar-refractivity contribution in [2.24, 2.45) is 0 Å². The summed E-state index contributed by atoms with van der Waals surface area (Å²) in [6, 6.07) is 11.2. The molecule has 3 N–H and O–H groups in total. The highest BCUT2D eigenvalue weighted by atomic mass is 35.5. The summed E-state index contributed by atoms with van der Waals surface area (Å²) in [5, 5.41) is 2.79. The summed E-state index contributed by atoms with van der Waals surface area (Å²) in [6.07, 6.45) is 3.23. The van der Waals surface area contributed by atoms with Gasteiger partial charge in [-0.25, -0.2) is 4.39 Å². The smallest absolute Gasteiger partial charge is 0.261 e. The summed E-state index contributed by atoms with van der Waals surface area (Å²) in [7, 11) is 0. The number of thiophene rings is 1. The molecule has 1 aromatic carbocycles. The first-order valence-electron chi connectivity index (χ1n) is 9.03. The van der Waals surface area contributed by atoms with Crippen LogP contribution in [0.4, 0.5) is 4.39 Å². The van der Waals surface area contributed by atoms with E-state index in [9.17, 15) is 14.0 Å². The van der Waals surface area contributed by atoms with Gasteiger partial charge in [-0.05, 0) is 55.0 Å². The van der Waals surface area contributed by atoms with Crippen molar-refractivity contribution in [2.45, 2.75) is 12.5 Å². The van der Waals surface area contributed by atoms with Gasteiger partial charge in [0.15, 0.2) is 0 Å². The van der Waals surface area contributed by atoms with E-state index in [1.54, 1.807) is 49.4 Å². The van der Waals surface area contributed by atoms with Gasteiger partial charge in [0.25, 0.3) is 11.5 Å². The fourth-order valence-corrected chi connectivity index (χ4v) is 4.04. The maximum absolute atomic E-state index is 14.8. The second-order valence-corrected chi connectivity index (χ2v) is 8.68. The van der Waals surface area contributed by atoms with E-state index < -0.39 is 11.4 Å². The Balaban J connectivity index is 1.50. The number of amides is 1. The average molecular weight is 446 g/mol. The molecule has 2 aromatic heterocycles. The molecule has 9 heteroatoms. The van der Waals surface area contributed by atoms with Crippen LogP contribution in [0, 0.1) is 5.82 Å². The van der Waals surface area contributed by atoms with Crippen molar-refractivity contribution in [1.29, 1.82) is 0 Å². The Bertz CT molecular complexity index is 1210. The number of H-pyrrole nitrogens is 1. The number of halogens is 2. The maximum Gasteiger partial charge on any atom is 0.261 e. The molecular weight excluding hydrogens is 429 g/mol. The Morgan fingerprint density at radius 1 is 1.27 bits per heavy atom. The van der Waals surface area contributed by atoms with Gasteiger partial charge in [-0.15, -0.1) is 11.3 Å². The number of hydrogen-bond donors (Lipinski definition) is 3. The molecule has 1 aliphatic rings. The minimum atomic E-state index is -0.867. The minimum absolute atomic E-state index is 0.178. The van der Waals surface area contributed by atoms with Gasteiger partial charge in [-0.1, -0.05) is 17.7 Å². The van der Waals surface area contributed by atoms with E-state index >= 15 is 0 Å². The molecule has 0 aliphatic carbocycles. The summed E-state index contributed by atoms with van der Waals surface area (Å²) >= 11 is 7.04. The monoisotopic (exact) mass is 445 g/mol. The van der Waals surface area contributed by atoms with Crippen LogP contribution in [-0.2, 0) is 4.84 Å². The fourth-order valence-electron chi connectivity index (χ4n) is 3.08. The number of hydrogen-bond acceptors (Lipinski definition) is 5. The van der Waals surface area contributed by atoms with Crippen LogP contribution in [-0.4, -0.2) is 23.0 Å². The molecule has 154 valence electrons. The van der Waals surface area contributed by atoms with E-state index in [2.05, 4.69) is 15.8 Å². The van der Waals surface area contributed by atoms with Crippen LogP contribution in [0.25, 0.3) is 16.8 Å². The summed E-state index contributed by atoms with van der Waals surface area (Å²) in [4.78, 5) is 32.8. The van der Waals surface area contributed by atoms with Gasteiger partial charge >= 0.3 is 0 Å². The van der Waals surface area contributed by atoms with Crippen molar-refractivity contribution >= 4 is 34.5 Å². The average Bonchev–Trinajstić information content (AvgIpc) is 3.33. The highest BCUT2D eigenvalue weighted by Gasteiger charge is 2.32. The lowest BCUT2D eigenvalue weighted by Gasteiger charge is -2.20. The molecule has 3 aromatic rings. The first kappa shape index (κ1) is 20.3. The molecule has 30 heavy (non-hydrogen) atoms. The second kappa shape index (κ2) is 8.06. The standard InChI is InChI=1S/C21H17ClFN3O3S/c1-21(11-25-20(28)17-6-7-18(22)30-17)10-16(26-29-21)14-5-4-12(9-15(14)23)13-3-2-8-24-19(13)27/h2-10,26H,11H2,1H3,(H,24,27)(H,25,28). The normalized spacial score (nSPS) is 18.0. The molecule has 1 atom stereocenters. The van der Waals surface area contributed by atoms with Crippen molar-refractivity contribution < 1.29 is 14.0 Å². The van der Waals surface area contributed by atoms with Crippen molar-refractivity contribution in [3.63, 3.8) is 0 Å². The lowest BCUT2D eigenvalue weighted by Crippen LogP contribution is -2.40. The van der Waals surface area contributed by atoms with Gasteiger partial charge in [0.2, 0.25) is 0 Å². The van der Waals surface area contributed by atoms with Crippen molar-refractivity contribution in [3.05, 3.63) is 85.7 Å². The lowest BCUT2D eigenvalue weighted by molar-refractivity contribution is -0.0195. The summed E-state index contributed by atoms with van der Waals surface area (Å²) < 4.78 is 15.3. The van der Waals surface area contributed by atoms with Crippen LogP contribution in [0.1, 0.15) is 22.2 Å². The van der Waals surface area contributed by atoms with Gasteiger partial charge in [-0.2, -0.15) is 0 Å². The molecule has 0 spiro atoms. The number of carbonyl (C=O) groups excluding carboxylic acids is 1. The zero-order chi connectivity index (χ0) is 21.3. The van der Waals surface area contributed by atoms with Gasteiger partial charge in [-0.3, -0.25) is 19.9 Å². The molecule has 1 unspecified atom stereocenters. The van der Waals surface area contributed by atoms with E-state index in [1.807, 2.05) is 0 Å².